The van der Waals surface area contributed by atoms with Crippen molar-refractivity contribution in [1.29, 1.82) is 0 Å². The van der Waals surface area contributed by atoms with Crippen LogP contribution in [0.4, 0.5) is 0 Å². The average Bonchev–Trinajstić information content (AvgIpc) is 2.91. The highest BCUT2D eigenvalue weighted by Gasteiger charge is 2.43. The molecule has 4 N–H and O–H groups in total. The fraction of sp³-hybridized carbons (Fsp3) is 0.294. The molecule has 3 rings (SSSR count). The van der Waals surface area contributed by atoms with Crippen LogP contribution < -0.4 is 5.56 Å². The Kier molecular flexibility index (Phi) is 4.95. The van der Waals surface area contributed by atoms with E-state index in [1.54, 1.807) is 30.3 Å². The summed E-state index contributed by atoms with van der Waals surface area (Å²) >= 11 is 0. The number of aromatic nitrogens is 2. The summed E-state index contributed by atoms with van der Waals surface area (Å²) in [5.74, 6) is -0.0807. The van der Waals surface area contributed by atoms with E-state index in [1.807, 2.05) is 0 Å². The molecule has 4 atom stereocenters. The second-order valence-electron chi connectivity index (χ2n) is 5.66. The van der Waals surface area contributed by atoms with Crippen LogP contribution in [0.15, 0.2) is 47.4 Å². The quantitative estimate of drug-likeness (QED) is 0.570. The Balaban J connectivity index is 2.01. The Labute approximate surface area is 142 Å². The summed E-state index contributed by atoms with van der Waals surface area (Å²) in [5.41, 5.74) is -0.0107. The van der Waals surface area contributed by atoms with Crippen LogP contribution in [0.5, 0.6) is 0 Å². The first-order valence-electron chi connectivity index (χ1n) is 7.69. The van der Waals surface area contributed by atoms with Crippen molar-refractivity contribution in [3.8, 4) is 0 Å². The van der Waals surface area contributed by atoms with E-state index in [0.29, 0.717) is 5.56 Å². The van der Waals surface area contributed by atoms with Gasteiger partial charge in [-0.25, -0.2) is 0 Å². The van der Waals surface area contributed by atoms with Gasteiger partial charge < -0.3 is 29.7 Å². The van der Waals surface area contributed by atoms with Crippen LogP contribution in [0.3, 0.4) is 0 Å². The molecular weight excluding hydrogens is 328 g/mol. The van der Waals surface area contributed by atoms with Gasteiger partial charge in [-0.15, -0.1) is 0 Å². The molecule has 0 spiro atoms. The van der Waals surface area contributed by atoms with Crippen LogP contribution in [0.1, 0.15) is 17.6 Å². The fourth-order valence-electron chi connectivity index (χ4n) is 2.67. The van der Waals surface area contributed by atoms with E-state index in [0.717, 1.165) is 0 Å². The molecule has 1 aromatic heterocycles. The second-order valence-corrected chi connectivity index (χ2v) is 5.66. The lowest BCUT2D eigenvalue weighted by molar-refractivity contribution is -0.0537. The topological polar surface area (TPSA) is 125 Å². The Morgan fingerprint density at radius 3 is 2.56 bits per heavy atom. The summed E-state index contributed by atoms with van der Waals surface area (Å²) < 4.78 is 6.77. The van der Waals surface area contributed by atoms with E-state index in [-0.39, 0.29) is 11.6 Å². The van der Waals surface area contributed by atoms with Gasteiger partial charge in [-0.2, -0.15) is 4.98 Å². The average molecular weight is 346 g/mol. The highest BCUT2D eigenvalue weighted by molar-refractivity contribution is 5.74. The van der Waals surface area contributed by atoms with Gasteiger partial charge in [0, 0.05) is 23.9 Å². The number of rotatable bonds is 4. The van der Waals surface area contributed by atoms with Gasteiger partial charge in [0.1, 0.15) is 29.9 Å². The van der Waals surface area contributed by atoms with Crippen LogP contribution in [0.2, 0.25) is 0 Å². The Hall–Kier alpha value is -2.52. The molecule has 0 saturated carbocycles. The zero-order valence-electron chi connectivity index (χ0n) is 13.1. The molecular formula is C17H18N2O6. The van der Waals surface area contributed by atoms with Crippen molar-refractivity contribution < 1.29 is 25.2 Å². The zero-order valence-corrected chi connectivity index (χ0v) is 13.1. The SMILES string of the molecule is O=c1ccn([C@H]2O[C@@H](CO)[C@@H](O)[C@H]2O)c(/C=C(\O)c2ccccc2)n1. The van der Waals surface area contributed by atoms with Crippen molar-refractivity contribution in [2.75, 3.05) is 6.61 Å². The van der Waals surface area contributed by atoms with Crippen LogP contribution in [0.25, 0.3) is 11.8 Å². The molecule has 0 radical (unpaired) electrons. The maximum atomic E-state index is 11.6. The number of benzene rings is 1. The molecule has 1 aliphatic rings. The lowest BCUT2D eigenvalue weighted by Gasteiger charge is -2.20. The van der Waals surface area contributed by atoms with E-state index >= 15 is 0 Å². The number of aliphatic hydroxyl groups is 4. The van der Waals surface area contributed by atoms with Crippen LogP contribution in [-0.4, -0.2) is 54.9 Å². The molecule has 0 bridgehead atoms. The van der Waals surface area contributed by atoms with E-state index in [2.05, 4.69) is 4.98 Å². The molecule has 0 aliphatic carbocycles. The molecule has 1 fully saturated rings. The van der Waals surface area contributed by atoms with Gasteiger partial charge in [0.25, 0.3) is 5.56 Å². The molecule has 1 aromatic carbocycles. The molecule has 1 aliphatic heterocycles. The Morgan fingerprint density at radius 2 is 1.92 bits per heavy atom. The normalized spacial score (nSPS) is 26.8. The molecule has 2 aromatic rings. The predicted octanol–water partition coefficient (Wildman–Crippen LogP) is -0.0891. The van der Waals surface area contributed by atoms with Crippen molar-refractivity contribution in [1.82, 2.24) is 9.55 Å². The third kappa shape index (κ3) is 3.47. The Morgan fingerprint density at radius 1 is 1.20 bits per heavy atom. The smallest absolute Gasteiger partial charge is 0.273 e. The highest BCUT2D eigenvalue weighted by Crippen LogP contribution is 2.30. The number of aliphatic hydroxyl groups excluding tert-OH is 4. The monoisotopic (exact) mass is 346 g/mol. The second kappa shape index (κ2) is 7.16. The molecule has 25 heavy (non-hydrogen) atoms. The fourth-order valence-corrected chi connectivity index (χ4v) is 2.67. The van der Waals surface area contributed by atoms with Crippen molar-refractivity contribution in [2.45, 2.75) is 24.5 Å². The van der Waals surface area contributed by atoms with E-state index < -0.39 is 36.7 Å². The van der Waals surface area contributed by atoms with E-state index in [1.165, 1.54) is 22.9 Å². The lowest BCUT2D eigenvalue weighted by atomic mass is 10.1. The third-order valence-electron chi connectivity index (χ3n) is 3.99. The summed E-state index contributed by atoms with van der Waals surface area (Å²) in [5, 5.41) is 39.5. The van der Waals surface area contributed by atoms with E-state index in [4.69, 9.17) is 4.74 Å². The molecule has 1 saturated heterocycles. The van der Waals surface area contributed by atoms with Gasteiger partial charge in [-0.05, 0) is 0 Å². The van der Waals surface area contributed by atoms with Crippen molar-refractivity contribution >= 4 is 11.8 Å². The van der Waals surface area contributed by atoms with Gasteiger partial charge in [-0.1, -0.05) is 30.3 Å². The Bertz CT molecular complexity index is 819. The van der Waals surface area contributed by atoms with E-state index in [9.17, 15) is 25.2 Å². The number of ether oxygens (including phenoxy) is 1. The van der Waals surface area contributed by atoms with Crippen LogP contribution in [-0.2, 0) is 4.74 Å². The standard InChI is InChI=1S/C17H18N2O6/c20-9-12-15(23)16(24)17(25-12)19-7-6-14(22)18-13(19)8-11(21)10-4-2-1-3-5-10/h1-8,12,15-17,20-21,23-24H,9H2/b11-8-/t12-,15+,16+,17-/m0/s1. The van der Waals surface area contributed by atoms with Crippen LogP contribution >= 0.6 is 0 Å². The van der Waals surface area contributed by atoms with Crippen molar-refractivity contribution in [2.24, 2.45) is 0 Å². The summed E-state index contributed by atoms with van der Waals surface area (Å²) in [6.45, 7) is -0.469. The molecule has 132 valence electrons. The molecule has 2 heterocycles. The largest absolute Gasteiger partial charge is 0.507 e. The van der Waals surface area contributed by atoms with Crippen molar-refractivity contribution in [3.63, 3.8) is 0 Å². The van der Waals surface area contributed by atoms with Gasteiger partial charge in [-0.3, -0.25) is 4.79 Å². The maximum absolute atomic E-state index is 11.6. The van der Waals surface area contributed by atoms with Gasteiger partial charge in [0.2, 0.25) is 0 Å². The summed E-state index contributed by atoms with van der Waals surface area (Å²) in [6.07, 6.45) is -2.01. The minimum Gasteiger partial charge on any atom is -0.507 e. The highest BCUT2D eigenvalue weighted by atomic mass is 16.6. The van der Waals surface area contributed by atoms with Gasteiger partial charge in [0.15, 0.2) is 6.23 Å². The summed E-state index contributed by atoms with van der Waals surface area (Å²) in [4.78, 5) is 15.4. The zero-order chi connectivity index (χ0) is 18.0. The first-order valence-corrected chi connectivity index (χ1v) is 7.69. The molecule has 0 amide bonds. The maximum Gasteiger partial charge on any atom is 0.273 e. The molecule has 8 heteroatoms. The van der Waals surface area contributed by atoms with Crippen molar-refractivity contribution in [3.05, 3.63) is 64.3 Å². The lowest BCUT2D eigenvalue weighted by Crippen LogP contribution is -2.33. The first kappa shape index (κ1) is 17.3. The number of nitrogens with zero attached hydrogens (tertiary/aromatic N) is 2. The minimum absolute atomic E-state index is 0.0451. The molecule has 0 unspecified atom stereocenters. The third-order valence-corrected chi connectivity index (χ3v) is 3.99. The first-order chi connectivity index (χ1) is 12.0. The summed E-state index contributed by atoms with van der Waals surface area (Å²) in [7, 11) is 0. The minimum atomic E-state index is -1.33. The summed E-state index contributed by atoms with van der Waals surface area (Å²) in [6, 6.07) is 9.83. The van der Waals surface area contributed by atoms with Gasteiger partial charge in [0.05, 0.1) is 6.61 Å². The predicted molar refractivity (Wildman–Crippen MR) is 88.4 cm³/mol. The number of hydrogen-bond donors (Lipinski definition) is 4. The molecule has 8 nitrogen and oxygen atoms in total. The van der Waals surface area contributed by atoms with Crippen LogP contribution in [0, 0.1) is 0 Å². The van der Waals surface area contributed by atoms with Gasteiger partial charge >= 0.3 is 0 Å². The number of hydrogen-bond acceptors (Lipinski definition) is 7.